The number of thioether (sulfide) groups is 2. The molecule has 0 aliphatic heterocycles. The maximum atomic E-state index is 10.8. The van der Waals surface area contributed by atoms with E-state index >= 15 is 0 Å². The van der Waals surface area contributed by atoms with E-state index in [1.54, 1.807) is 0 Å². The normalized spacial score (nSPS) is 8.64. The number of esters is 1. The maximum absolute atomic E-state index is 10.8. The van der Waals surface area contributed by atoms with E-state index in [-0.39, 0.29) is 231 Å². The fourth-order valence-electron chi connectivity index (χ4n) is 4.87. The topological polar surface area (TPSA) is 196 Å². The fourth-order valence-corrected chi connectivity index (χ4v) is 6.08. The van der Waals surface area contributed by atoms with Gasteiger partial charge in [0.15, 0.2) is 0 Å². The Hall–Kier alpha value is 5.91. The maximum Gasteiger partial charge on any atom is 1.00 e. The van der Waals surface area contributed by atoms with E-state index in [1.165, 1.54) is 165 Å². The van der Waals surface area contributed by atoms with Crippen LogP contribution in [-0.2, 0) is 41.1 Å². The first-order valence-corrected chi connectivity index (χ1v) is 24.3. The van der Waals surface area contributed by atoms with E-state index in [4.69, 9.17) is 36.6 Å². The molecule has 0 saturated carbocycles. The third-order valence-corrected chi connectivity index (χ3v) is 9.79. The van der Waals surface area contributed by atoms with Gasteiger partial charge in [-0.15, -0.1) is 0 Å². The Bertz CT molecular complexity index is 737. The predicted molar refractivity (Wildman–Crippen MR) is 252 cm³/mol. The minimum atomic E-state index is -0.509. The van der Waals surface area contributed by atoms with Crippen LogP contribution in [0, 0.1) is 88.1 Å². The average Bonchev–Trinajstić information content (AvgIpc) is 3.19. The summed E-state index contributed by atoms with van der Waals surface area (Å²) in [4.78, 5) is 31.5. The third-order valence-electron chi connectivity index (χ3n) is 7.93. The number of unbranched alkanes of at least 4 members (excludes halogenated alkanes) is 24. The van der Waals surface area contributed by atoms with Gasteiger partial charge in [0.25, 0.3) is 6.47 Å². The van der Waals surface area contributed by atoms with E-state index in [1.807, 2.05) is 23.5 Å². The van der Waals surface area contributed by atoms with Crippen molar-refractivity contribution in [1.82, 2.24) is 0 Å². The molecule has 0 aromatic heterocycles. The standard InChI is InChI=1S/C15H28O2S.C12H26OS.C11H24OS.C3H3ClO.CH2O3.2Ac.Cu.2K.2H2O/c1-3-15(16)17-13-11-9-7-5-4-6-8-10-12-14-18-2;1-14-12-10-8-6-4-2-3-5-7-9-11-13;12-10-8-6-4-2-1-3-5-7-9-11-13;1-2-3(4)5;2-1-4-3;;;;;;;/h3H,1,4-14H2,2H3;13H,2-12H2,1H3;12-13H,1-11H2;2H,1H2;1,3H;;;;;;2*1H2/q;;;;;;;;;+1;;/p-1. The number of aliphatic hydroxyl groups is 2. The quantitative estimate of drug-likeness (QED) is 0.00748. The van der Waals surface area contributed by atoms with Crippen LogP contribution in [0.5, 0.6) is 0 Å². The fraction of sp³-hybridized carbons (Fsp3) is 0.833. The van der Waals surface area contributed by atoms with Gasteiger partial charge in [-0.3, -0.25) is 9.59 Å². The zero-order chi connectivity index (χ0) is 41.4. The number of thiol groups is 1. The van der Waals surface area contributed by atoms with E-state index < -0.39 is 5.24 Å². The molecule has 4 radical (unpaired) electrons. The van der Waals surface area contributed by atoms with Crippen LogP contribution in [0.4, 0.5) is 0 Å². The van der Waals surface area contributed by atoms with Gasteiger partial charge < -0.3 is 36.0 Å². The minimum Gasteiger partial charge on any atom is -0.662 e. The third kappa shape index (κ3) is 128. The van der Waals surface area contributed by atoms with E-state index in [0.29, 0.717) is 19.8 Å². The molecule has 0 rings (SSSR count). The molecule has 19 heteroatoms. The molecule has 0 aromatic rings. The second-order valence-corrected chi connectivity index (χ2v) is 15.6. The van der Waals surface area contributed by atoms with Crippen LogP contribution in [-0.4, -0.2) is 140 Å². The Labute approximate surface area is 561 Å². The zero-order valence-electron chi connectivity index (χ0n) is 38.9. The molecule has 0 saturated heterocycles. The summed E-state index contributed by atoms with van der Waals surface area (Å²) in [5, 5.41) is 25.1. The van der Waals surface area contributed by atoms with Gasteiger partial charge in [0.2, 0.25) is 5.24 Å². The zero-order valence-corrected chi connectivity index (χ0v) is 58.9. The summed E-state index contributed by atoms with van der Waals surface area (Å²) in [5.74, 6) is 3.37. The summed E-state index contributed by atoms with van der Waals surface area (Å²) in [6, 6.07) is 0. The van der Waals surface area contributed by atoms with Crippen LogP contribution in [0.1, 0.15) is 173 Å². The Morgan fingerprint density at radius 1 is 0.607 bits per heavy atom. The number of carbonyl (C=O) groups excluding carboxylic acids is 3. The van der Waals surface area contributed by atoms with Gasteiger partial charge in [0.1, 0.15) is 0 Å². The van der Waals surface area contributed by atoms with Gasteiger partial charge in [-0.05, 0) is 86.0 Å². The largest absolute Gasteiger partial charge is 1.00 e. The Balaban J connectivity index is -0.0000000513. The molecule has 0 amide bonds. The van der Waals surface area contributed by atoms with E-state index in [2.05, 4.69) is 43.2 Å². The van der Waals surface area contributed by atoms with Gasteiger partial charge in [-0.2, -0.15) is 36.2 Å². The first-order chi connectivity index (χ1) is 26.3. The summed E-state index contributed by atoms with van der Waals surface area (Å²) in [6.45, 7) is 7.53. The van der Waals surface area contributed by atoms with Crippen LogP contribution < -0.4 is 56.6 Å². The Morgan fingerprint density at radius 3 is 1.07 bits per heavy atom. The first-order valence-electron chi connectivity index (χ1n) is 20.5. The van der Waals surface area contributed by atoms with Crippen molar-refractivity contribution >= 4 is 117 Å². The van der Waals surface area contributed by atoms with Crippen LogP contribution in [0.3, 0.4) is 0 Å². The van der Waals surface area contributed by atoms with Crippen molar-refractivity contribution in [3.05, 3.63) is 25.3 Å². The monoisotopic (exact) mass is 1480 g/mol. The number of allylic oxidation sites excluding steroid dienone is 1. The van der Waals surface area contributed by atoms with Crippen molar-refractivity contribution in [3.63, 3.8) is 0 Å². The second-order valence-electron chi connectivity index (χ2n) is 12.8. The molecule has 61 heavy (non-hydrogen) atoms. The molecule has 0 aromatic carbocycles. The molecule has 0 bridgehead atoms. The number of rotatable bonds is 36. The molecule has 0 heterocycles. The molecule has 0 spiro atoms. The average molecular weight is 1480 g/mol. The summed E-state index contributed by atoms with van der Waals surface area (Å²) in [6.07, 6.45) is 41.7. The van der Waals surface area contributed by atoms with Gasteiger partial charge in [-0.1, -0.05) is 148 Å². The molecule has 10 nitrogen and oxygen atoms in total. The molecule has 358 valence electrons. The number of carbonyl (C=O) groups is 3. The van der Waals surface area contributed by atoms with Gasteiger partial charge in [0, 0.05) is 176 Å². The van der Waals surface area contributed by atoms with Crippen LogP contribution >= 0.6 is 47.8 Å². The van der Waals surface area contributed by atoms with E-state index in [0.717, 1.165) is 37.5 Å². The van der Waals surface area contributed by atoms with Crippen molar-refractivity contribution in [2.24, 2.45) is 0 Å². The molecule has 0 aliphatic rings. The Morgan fingerprint density at radius 2 is 0.852 bits per heavy atom. The van der Waals surface area contributed by atoms with Gasteiger partial charge in [-0.25, -0.2) is 4.79 Å². The summed E-state index contributed by atoms with van der Waals surface area (Å²) in [7, 11) is 0. The van der Waals surface area contributed by atoms with Crippen molar-refractivity contribution < 1.29 is 207 Å². The molecule has 0 atom stereocenters. The number of hydrogen-bond donors (Lipinski definition) is 3. The van der Waals surface area contributed by atoms with Crippen molar-refractivity contribution in [2.45, 2.75) is 173 Å². The van der Waals surface area contributed by atoms with E-state index in [9.17, 15) is 9.59 Å². The molecule has 0 aliphatic carbocycles. The minimum absolute atomic E-state index is 0. The van der Waals surface area contributed by atoms with Gasteiger partial charge in [0.05, 0.1) is 6.61 Å². The number of halogens is 1. The van der Waals surface area contributed by atoms with Gasteiger partial charge >= 0.3 is 57.4 Å². The number of hydrogen-bond acceptors (Lipinski definition) is 11. The SMILES string of the molecule is C=CC(=O)Cl.C=CC(=O)OCCCCCCCCCCCSC.CSCCCCCCCCCCCO.O.O.O=CO[O-].OCCCCCCCCCCCS.[Ac].[Ac].[Cu].[K+].[K]. The Kier molecular flexibility index (Phi) is 163. The van der Waals surface area contributed by atoms with Crippen molar-refractivity contribution in [3.8, 4) is 0 Å². The molecular formula is C42H86Ac2ClCuK2O10S3. The molecule has 0 fully saturated rings. The number of ether oxygens (including phenoxy) is 1. The summed E-state index contributed by atoms with van der Waals surface area (Å²) in [5.41, 5.74) is 0. The summed E-state index contributed by atoms with van der Waals surface area (Å²) < 4.78 is 4.91. The van der Waals surface area contributed by atoms with Crippen LogP contribution in [0.15, 0.2) is 25.3 Å². The predicted octanol–water partition coefficient (Wildman–Crippen LogP) is 6.21. The van der Waals surface area contributed by atoms with Crippen molar-refractivity contribution in [1.29, 1.82) is 0 Å². The summed E-state index contributed by atoms with van der Waals surface area (Å²) >= 11 is 12.8. The van der Waals surface area contributed by atoms with Crippen LogP contribution in [0.25, 0.3) is 0 Å². The molecule has 6 N–H and O–H groups in total. The van der Waals surface area contributed by atoms with Crippen molar-refractivity contribution in [2.75, 3.05) is 49.6 Å². The van der Waals surface area contributed by atoms with Crippen LogP contribution in [0.2, 0.25) is 0 Å². The molecular weight excluding hydrogens is 1390 g/mol. The smallest absolute Gasteiger partial charge is 0.662 e. The molecule has 0 unspecified atom stereocenters. The number of aliphatic hydroxyl groups excluding tert-OH is 2. The second kappa shape index (κ2) is 103. The first kappa shape index (κ1) is 96.4.